The third-order valence-electron chi connectivity index (χ3n) is 5.70. The normalized spacial score (nSPS) is 22.6. The minimum atomic E-state index is -0.0192. The highest BCUT2D eigenvalue weighted by Gasteiger charge is 2.39. The molecule has 2 amide bonds. The molecule has 0 unspecified atom stereocenters. The number of hydrogen-bond acceptors (Lipinski definition) is 4. The van der Waals surface area contributed by atoms with Crippen LogP contribution in [-0.2, 0) is 15.1 Å². The second kappa shape index (κ2) is 10.8. The molecule has 6 heteroatoms. The average Bonchev–Trinajstić information content (AvgIpc) is 3.19. The Labute approximate surface area is 167 Å². The van der Waals surface area contributed by atoms with Gasteiger partial charge in [0, 0.05) is 30.3 Å². The maximum Gasteiger partial charge on any atom is 0.220 e. The number of carbonyl (C=O) groups is 2. The number of unbranched alkanes of at least 4 members (excludes halogenated alkanes) is 2. The zero-order valence-electron chi connectivity index (χ0n) is 17.1. The molecule has 0 aliphatic heterocycles. The fraction of sp³-hybridized carbons (Fsp3) is 0.714. The van der Waals surface area contributed by atoms with Crippen molar-refractivity contribution in [2.24, 2.45) is 0 Å². The van der Waals surface area contributed by atoms with E-state index in [4.69, 9.17) is 0 Å². The van der Waals surface area contributed by atoms with E-state index in [-0.39, 0.29) is 36.2 Å². The molecule has 0 atom stereocenters. The van der Waals surface area contributed by atoms with E-state index in [0.29, 0.717) is 6.54 Å². The van der Waals surface area contributed by atoms with E-state index in [1.807, 2.05) is 11.3 Å². The maximum atomic E-state index is 12.2. The summed E-state index contributed by atoms with van der Waals surface area (Å²) in [5.41, 5.74) is 0.0910. The highest BCUT2D eigenvalue weighted by Crippen LogP contribution is 2.42. The highest BCUT2D eigenvalue weighted by molar-refractivity contribution is 7.10. The molecule has 5 nitrogen and oxygen atoms in total. The molecule has 1 aromatic rings. The molecule has 2 N–H and O–H groups in total. The molecule has 1 saturated carbocycles. The number of amides is 2. The standard InChI is InChI=1S/C21H35N3O2S/c1-4-5-6-15-22-19(25)9-10-20(26)23-17-11-13-21(14-12-17,24(2)3)18-8-7-16-27-18/h7-8,16-17H,4-6,9-15H2,1-3H3,(H,22,25)(H,23,26). The van der Waals surface area contributed by atoms with Gasteiger partial charge in [-0.05, 0) is 57.6 Å². The van der Waals surface area contributed by atoms with Crippen LogP contribution in [-0.4, -0.2) is 43.4 Å². The predicted molar refractivity (Wildman–Crippen MR) is 112 cm³/mol. The van der Waals surface area contributed by atoms with Gasteiger partial charge in [-0.15, -0.1) is 11.3 Å². The molecular weight excluding hydrogens is 358 g/mol. The van der Waals surface area contributed by atoms with Crippen molar-refractivity contribution in [3.8, 4) is 0 Å². The highest BCUT2D eigenvalue weighted by atomic mass is 32.1. The van der Waals surface area contributed by atoms with Crippen LogP contribution in [0.25, 0.3) is 0 Å². The average molecular weight is 394 g/mol. The quantitative estimate of drug-likeness (QED) is 0.597. The fourth-order valence-electron chi connectivity index (χ4n) is 3.92. The van der Waals surface area contributed by atoms with Gasteiger partial charge in [0.2, 0.25) is 11.8 Å². The summed E-state index contributed by atoms with van der Waals surface area (Å²) in [4.78, 5) is 27.8. The number of carbonyl (C=O) groups excluding carboxylic acids is 2. The zero-order valence-corrected chi connectivity index (χ0v) is 17.9. The molecule has 1 fully saturated rings. The summed E-state index contributed by atoms with van der Waals surface area (Å²) in [5.74, 6) is -0.0218. The van der Waals surface area contributed by atoms with Gasteiger partial charge < -0.3 is 10.6 Å². The SMILES string of the molecule is CCCCCNC(=O)CCC(=O)NC1CCC(c2cccs2)(N(C)C)CC1. The summed E-state index contributed by atoms with van der Waals surface area (Å²) in [5, 5.41) is 8.17. The molecule has 2 rings (SSSR count). The van der Waals surface area contributed by atoms with E-state index >= 15 is 0 Å². The summed E-state index contributed by atoms with van der Waals surface area (Å²) in [6.45, 7) is 2.85. The van der Waals surface area contributed by atoms with Gasteiger partial charge in [0.1, 0.15) is 0 Å². The number of thiophene rings is 1. The number of nitrogens with one attached hydrogen (secondary N) is 2. The predicted octanol–water partition coefficient (Wildman–Crippen LogP) is 3.65. The van der Waals surface area contributed by atoms with E-state index in [1.54, 1.807) is 0 Å². The zero-order chi connectivity index (χ0) is 19.7. The first-order chi connectivity index (χ1) is 13.0. The lowest BCUT2D eigenvalue weighted by atomic mass is 9.77. The lowest BCUT2D eigenvalue weighted by Gasteiger charge is -2.44. The Hall–Kier alpha value is -1.40. The fourth-order valence-corrected chi connectivity index (χ4v) is 4.98. The summed E-state index contributed by atoms with van der Waals surface area (Å²) in [7, 11) is 4.30. The van der Waals surface area contributed by atoms with Crippen molar-refractivity contribution < 1.29 is 9.59 Å². The lowest BCUT2D eigenvalue weighted by Crippen LogP contribution is -2.48. The molecule has 152 valence electrons. The third-order valence-corrected chi connectivity index (χ3v) is 6.76. The molecule has 27 heavy (non-hydrogen) atoms. The van der Waals surface area contributed by atoms with Crippen molar-refractivity contribution in [1.82, 2.24) is 15.5 Å². The van der Waals surface area contributed by atoms with E-state index < -0.39 is 0 Å². The van der Waals surface area contributed by atoms with E-state index in [0.717, 1.165) is 44.9 Å². The summed E-state index contributed by atoms with van der Waals surface area (Å²) in [6, 6.07) is 4.56. The van der Waals surface area contributed by atoms with E-state index in [2.05, 4.69) is 54.1 Å². The Bertz CT molecular complexity index is 578. The third kappa shape index (κ3) is 6.32. The number of hydrogen-bond donors (Lipinski definition) is 2. The smallest absolute Gasteiger partial charge is 0.220 e. The van der Waals surface area contributed by atoms with Gasteiger partial charge in [0.15, 0.2) is 0 Å². The molecule has 1 aliphatic carbocycles. The first kappa shape index (κ1) is 21.9. The molecule has 0 radical (unpaired) electrons. The van der Waals surface area contributed by atoms with Crippen molar-refractivity contribution in [1.29, 1.82) is 0 Å². The van der Waals surface area contributed by atoms with Crippen LogP contribution in [0.3, 0.4) is 0 Å². The lowest BCUT2D eigenvalue weighted by molar-refractivity contribution is -0.127. The largest absolute Gasteiger partial charge is 0.356 e. The van der Waals surface area contributed by atoms with Crippen molar-refractivity contribution in [2.45, 2.75) is 76.3 Å². The van der Waals surface area contributed by atoms with Gasteiger partial charge in [-0.1, -0.05) is 25.8 Å². The monoisotopic (exact) mass is 393 g/mol. The van der Waals surface area contributed by atoms with Crippen LogP contribution in [0.15, 0.2) is 17.5 Å². The molecule has 0 saturated heterocycles. The Morgan fingerprint density at radius 3 is 2.48 bits per heavy atom. The van der Waals surface area contributed by atoms with Gasteiger partial charge in [-0.3, -0.25) is 14.5 Å². The van der Waals surface area contributed by atoms with Gasteiger partial charge in [-0.2, -0.15) is 0 Å². The minimum absolute atomic E-state index is 0.00261. The van der Waals surface area contributed by atoms with Crippen LogP contribution in [0.2, 0.25) is 0 Å². The first-order valence-electron chi connectivity index (χ1n) is 10.3. The van der Waals surface area contributed by atoms with Crippen molar-refractivity contribution >= 4 is 23.2 Å². The summed E-state index contributed by atoms with van der Waals surface area (Å²) >= 11 is 1.82. The van der Waals surface area contributed by atoms with Gasteiger partial charge in [0.25, 0.3) is 0 Å². The van der Waals surface area contributed by atoms with Gasteiger partial charge >= 0.3 is 0 Å². The van der Waals surface area contributed by atoms with Gasteiger partial charge in [0.05, 0.1) is 5.54 Å². The second-order valence-electron chi connectivity index (χ2n) is 7.80. The Kier molecular flexibility index (Phi) is 8.77. The number of rotatable bonds is 10. The summed E-state index contributed by atoms with van der Waals surface area (Å²) in [6.07, 6.45) is 7.88. The molecule has 0 spiro atoms. The topological polar surface area (TPSA) is 61.4 Å². The Balaban J connectivity index is 1.72. The van der Waals surface area contributed by atoms with Crippen LogP contribution >= 0.6 is 11.3 Å². The van der Waals surface area contributed by atoms with Crippen LogP contribution in [0.1, 0.15) is 69.6 Å². The molecule has 0 bridgehead atoms. The molecular formula is C21H35N3O2S. The summed E-state index contributed by atoms with van der Waals surface area (Å²) < 4.78 is 0. The first-order valence-corrected chi connectivity index (χ1v) is 11.1. The molecule has 1 aromatic heterocycles. The van der Waals surface area contributed by atoms with E-state index in [9.17, 15) is 9.59 Å². The molecule has 1 aliphatic rings. The van der Waals surface area contributed by atoms with Crippen molar-refractivity contribution in [3.63, 3.8) is 0 Å². The Morgan fingerprint density at radius 2 is 1.89 bits per heavy atom. The van der Waals surface area contributed by atoms with Gasteiger partial charge in [-0.25, -0.2) is 0 Å². The van der Waals surface area contributed by atoms with Crippen LogP contribution in [0, 0.1) is 0 Å². The minimum Gasteiger partial charge on any atom is -0.356 e. The van der Waals surface area contributed by atoms with Crippen LogP contribution in [0.4, 0.5) is 0 Å². The van der Waals surface area contributed by atoms with E-state index in [1.165, 1.54) is 4.88 Å². The molecule has 1 heterocycles. The van der Waals surface area contributed by atoms with Crippen molar-refractivity contribution in [3.05, 3.63) is 22.4 Å². The van der Waals surface area contributed by atoms with Crippen LogP contribution < -0.4 is 10.6 Å². The maximum absolute atomic E-state index is 12.2. The van der Waals surface area contributed by atoms with Crippen LogP contribution in [0.5, 0.6) is 0 Å². The Morgan fingerprint density at radius 1 is 1.19 bits per heavy atom. The second-order valence-corrected chi connectivity index (χ2v) is 8.75. The van der Waals surface area contributed by atoms with Crippen molar-refractivity contribution in [2.75, 3.05) is 20.6 Å². The number of nitrogens with zero attached hydrogens (tertiary/aromatic N) is 1. The molecule has 0 aromatic carbocycles.